The van der Waals surface area contributed by atoms with Crippen LogP contribution in [0.15, 0.2) is 48.5 Å². The van der Waals surface area contributed by atoms with Crippen LogP contribution in [0.5, 0.6) is 0 Å². The Morgan fingerprint density at radius 3 is 2.40 bits per heavy atom. The van der Waals surface area contributed by atoms with Gasteiger partial charge in [0, 0.05) is 17.6 Å². The Bertz CT molecular complexity index is 792. The molecule has 0 fully saturated rings. The number of rotatable bonds is 6. The van der Waals surface area contributed by atoms with Crippen LogP contribution in [0, 0.1) is 10.1 Å². The van der Waals surface area contributed by atoms with Crippen LogP contribution in [0.4, 0.5) is 5.69 Å². The predicted octanol–water partition coefficient (Wildman–Crippen LogP) is 3.06. The highest BCUT2D eigenvalue weighted by atomic mass is 35.5. The summed E-state index contributed by atoms with van der Waals surface area (Å²) in [6.45, 7) is -0.249. The average Bonchev–Trinajstić information content (AvgIpc) is 2.62. The molecule has 0 aromatic heterocycles. The highest BCUT2D eigenvalue weighted by Gasteiger charge is 2.26. The van der Waals surface area contributed by atoms with Gasteiger partial charge in [-0.15, -0.1) is 0 Å². The quantitative estimate of drug-likeness (QED) is 0.447. The first-order chi connectivity index (χ1) is 11.9. The molecule has 2 aromatic rings. The molecule has 0 spiro atoms. The lowest BCUT2D eigenvalue weighted by atomic mass is 10.1. The summed E-state index contributed by atoms with van der Waals surface area (Å²) >= 11 is 5.84. The third-order valence-electron chi connectivity index (χ3n) is 3.45. The van der Waals surface area contributed by atoms with E-state index < -0.39 is 16.8 Å². The van der Waals surface area contributed by atoms with Crippen LogP contribution in [0.3, 0.4) is 0 Å². The van der Waals surface area contributed by atoms with Gasteiger partial charge in [0.25, 0.3) is 11.6 Å². The van der Waals surface area contributed by atoms with E-state index in [-0.39, 0.29) is 24.3 Å². The number of benzene rings is 2. The van der Waals surface area contributed by atoms with Crippen molar-refractivity contribution in [1.29, 1.82) is 0 Å². The molecule has 0 saturated carbocycles. The van der Waals surface area contributed by atoms with Crippen molar-refractivity contribution in [3.05, 3.63) is 74.8 Å². The fourth-order valence-corrected chi connectivity index (χ4v) is 2.34. The van der Waals surface area contributed by atoms with Gasteiger partial charge in [0.2, 0.25) is 0 Å². The molecule has 1 amide bonds. The molecule has 0 radical (unpaired) electrons. The monoisotopic (exact) mass is 362 g/mol. The zero-order valence-corrected chi connectivity index (χ0v) is 14.1. The first-order valence-electron chi connectivity index (χ1n) is 7.26. The SMILES string of the molecule is COC(=O)CN(Cc1ccc(Cl)cc1)C(=O)c1ccccc1[N+](=O)[O-]. The highest BCUT2D eigenvalue weighted by molar-refractivity contribution is 6.30. The van der Waals surface area contributed by atoms with Gasteiger partial charge in [0.15, 0.2) is 0 Å². The summed E-state index contributed by atoms with van der Waals surface area (Å²) in [6.07, 6.45) is 0. The first kappa shape index (κ1) is 18.4. The van der Waals surface area contributed by atoms with Gasteiger partial charge in [0.05, 0.1) is 12.0 Å². The van der Waals surface area contributed by atoms with Gasteiger partial charge in [-0.3, -0.25) is 19.7 Å². The van der Waals surface area contributed by atoms with Crippen LogP contribution in [0.25, 0.3) is 0 Å². The fourth-order valence-electron chi connectivity index (χ4n) is 2.21. The molecule has 8 heteroatoms. The number of amides is 1. The molecule has 0 bridgehead atoms. The van der Waals surface area contributed by atoms with Crippen molar-refractivity contribution in [3.63, 3.8) is 0 Å². The number of hydrogen-bond donors (Lipinski definition) is 0. The number of nitrogens with zero attached hydrogens (tertiary/aromatic N) is 2. The molecule has 130 valence electrons. The van der Waals surface area contributed by atoms with E-state index in [1.165, 1.54) is 36.3 Å². The molecule has 2 rings (SSSR count). The zero-order chi connectivity index (χ0) is 18.4. The third-order valence-corrected chi connectivity index (χ3v) is 3.70. The maximum Gasteiger partial charge on any atom is 0.325 e. The van der Waals surface area contributed by atoms with Gasteiger partial charge in [-0.25, -0.2) is 0 Å². The smallest absolute Gasteiger partial charge is 0.325 e. The van der Waals surface area contributed by atoms with E-state index >= 15 is 0 Å². The number of halogens is 1. The lowest BCUT2D eigenvalue weighted by molar-refractivity contribution is -0.385. The van der Waals surface area contributed by atoms with Crippen molar-refractivity contribution in [1.82, 2.24) is 4.90 Å². The average molecular weight is 363 g/mol. The maximum atomic E-state index is 12.8. The van der Waals surface area contributed by atoms with Crippen LogP contribution >= 0.6 is 11.6 Å². The predicted molar refractivity (Wildman–Crippen MR) is 91.3 cm³/mol. The van der Waals surface area contributed by atoms with Gasteiger partial charge in [-0.05, 0) is 23.8 Å². The Kier molecular flexibility index (Phi) is 6.08. The number of esters is 1. The van der Waals surface area contributed by atoms with Gasteiger partial charge >= 0.3 is 5.97 Å². The number of nitro groups is 1. The molecule has 2 aromatic carbocycles. The first-order valence-corrected chi connectivity index (χ1v) is 7.64. The summed E-state index contributed by atoms with van der Waals surface area (Å²) in [7, 11) is 1.21. The van der Waals surface area contributed by atoms with E-state index in [1.54, 1.807) is 24.3 Å². The summed E-state index contributed by atoms with van der Waals surface area (Å²) < 4.78 is 4.61. The minimum atomic E-state index is -0.633. The lowest BCUT2D eigenvalue weighted by Gasteiger charge is -2.21. The summed E-state index contributed by atoms with van der Waals surface area (Å²) in [5.74, 6) is -1.26. The number of carbonyl (C=O) groups excluding carboxylic acids is 2. The van der Waals surface area contributed by atoms with Crippen LogP contribution < -0.4 is 0 Å². The number of methoxy groups -OCH3 is 1. The molecule has 7 nitrogen and oxygen atoms in total. The van der Waals surface area contributed by atoms with E-state index in [1.807, 2.05) is 0 Å². The molecule has 0 atom stereocenters. The Morgan fingerprint density at radius 2 is 1.80 bits per heavy atom. The summed E-state index contributed by atoms with van der Waals surface area (Å²) in [6, 6.07) is 12.3. The molecule has 0 unspecified atom stereocenters. The number of carbonyl (C=O) groups is 2. The second kappa shape index (κ2) is 8.25. The molecule has 0 N–H and O–H groups in total. The minimum absolute atomic E-state index is 0.0805. The Labute approximate surface area is 148 Å². The molecule has 0 aliphatic heterocycles. The van der Waals surface area contributed by atoms with Crippen LogP contribution in [0.1, 0.15) is 15.9 Å². The maximum absolute atomic E-state index is 12.8. The summed E-state index contributed by atoms with van der Waals surface area (Å²) in [5.41, 5.74) is 0.309. The number of nitro benzene ring substituents is 1. The fraction of sp³-hybridized carbons (Fsp3) is 0.176. The third kappa shape index (κ3) is 4.77. The second-order valence-electron chi connectivity index (χ2n) is 5.14. The van der Waals surface area contributed by atoms with Crippen molar-refractivity contribution in [2.75, 3.05) is 13.7 Å². The number of ether oxygens (including phenoxy) is 1. The number of hydrogen-bond acceptors (Lipinski definition) is 5. The van der Waals surface area contributed by atoms with Crippen LogP contribution in [-0.4, -0.2) is 35.4 Å². The number of para-hydroxylation sites is 1. The molecule has 0 aliphatic rings. The Morgan fingerprint density at radius 1 is 1.16 bits per heavy atom. The highest BCUT2D eigenvalue weighted by Crippen LogP contribution is 2.21. The van der Waals surface area contributed by atoms with Crippen LogP contribution in [0.2, 0.25) is 5.02 Å². The van der Waals surface area contributed by atoms with E-state index in [2.05, 4.69) is 4.74 Å². The summed E-state index contributed by atoms with van der Waals surface area (Å²) in [4.78, 5) is 36.1. The van der Waals surface area contributed by atoms with Gasteiger partial charge in [0.1, 0.15) is 12.1 Å². The minimum Gasteiger partial charge on any atom is -0.468 e. The second-order valence-corrected chi connectivity index (χ2v) is 5.57. The van der Waals surface area contributed by atoms with E-state index in [4.69, 9.17) is 11.6 Å². The molecule has 0 saturated heterocycles. The molecule has 25 heavy (non-hydrogen) atoms. The summed E-state index contributed by atoms with van der Waals surface area (Å²) in [5, 5.41) is 11.7. The van der Waals surface area contributed by atoms with Crippen LogP contribution in [-0.2, 0) is 16.1 Å². The van der Waals surface area contributed by atoms with Gasteiger partial charge < -0.3 is 9.64 Å². The van der Waals surface area contributed by atoms with E-state index in [9.17, 15) is 19.7 Å². The topological polar surface area (TPSA) is 89.8 Å². The van der Waals surface area contributed by atoms with E-state index in [0.29, 0.717) is 5.02 Å². The normalized spacial score (nSPS) is 10.2. The van der Waals surface area contributed by atoms with Gasteiger partial charge in [-0.2, -0.15) is 0 Å². The lowest BCUT2D eigenvalue weighted by Crippen LogP contribution is -2.36. The van der Waals surface area contributed by atoms with Crippen molar-refractivity contribution < 1.29 is 19.2 Å². The molecule has 0 aliphatic carbocycles. The van der Waals surface area contributed by atoms with Crippen molar-refractivity contribution >= 4 is 29.2 Å². The Balaban J connectivity index is 2.34. The largest absolute Gasteiger partial charge is 0.468 e. The molecular weight excluding hydrogens is 348 g/mol. The zero-order valence-electron chi connectivity index (χ0n) is 13.3. The molecule has 0 heterocycles. The van der Waals surface area contributed by atoms with Crippen molar-refractivity contribution in [3.8, 4) is 0 Å². The standard InChI is InChI=1S/C17H15ClN2O5/c1-25-16(21)11-19(10-12-6-8-13(18)9-7-12)17(22)14-4-2-3-5-15(14)20(23)24/h2-9H,10-11H2,1H3. The van der Waals surface area contributed by atoms with Crippen molar-refractivity contribution in [2.24, 2.45) is 0 Å². The molecular formula is C17H15ClN2O5. The van der Waals surface area contributed by atoms with Crippen molar-refractivity contribution in [2.45, 2.75) is 6.54 Å². The Hall–Kier alpha value is -2.93. The van der Waals surface area contributed by atoms with E-state index in [0.717, 1.165) is 5.56 Å². The van der Waals surface area contributed by atoms with Gasteiger partial charge in [-0.1, -0.05) is 35.9 Å².